The van der Waals surface area contributed by atoms with Gasteiger partial charge in [-0.3, -0.25) is 0 Å². The SMILES string of the molecule is CCNC(Cc1ccsc1)c1ccc(OC(F)(F)F)cc1. The van der Waals surface area contributed by atoms with E-state index in [1.54, 1.807) is 23.5 Å². The van der Waals surface area contributed by atoms with Gasteiger partial charge in [-0.2, -0.15) is 11.3 Å². The highest BCUT2D eigenvalue weighted by Crippen LogP contribution is 2.26. The average Bonchev–Trinajstić information content (AvgIpc) is 2.90. The van der Waals surface area contributed by atoms with E-state index in [0.29, 0.717) is 0 Å². The number of halogens is 3. The molecular weight excluding hydrogens is 299 g/mol. The second-order valence-corrected chi connectivity index (χ2v) is 5.34. The Hall–Kier alpha value is -1.53. The number of nitrogens with one attached hydrogen (secondary N) is 1. The van der Waals surface area contributed by atoms with Gasteiger partial charge in [0.25, 0.3) is 0 Å². The lowest BCUT2D eigenvalue weighted by Gasteiger charge is -2.18. The van der Waals surface area contributed by atoms with Gasteiger partial charge in [-0.1, -0.05) is 19.1 Å². The molecular formula is C15H16F3NOS. The molecule has 2 nitrogen and oxygen atoms in total. The second kappa shape index (κ2) is 6.95. The average molecular weight is 315 g/mol. The van der Waals surface area contributed by atoms with E-state index in [-0.39, 0.29) is 11.8 Å². The van der Waals surface area contributed by atoms with Crippen LogP contribution >= 0.6 is 11.3 Å². The van der Waals surface area contributed by atoms with Crippen LogP contribution < -0.4 is 10.1 Å². The maximum Gasteiger partial charge on any atom is 0.573 e. The molecule has 0 aliphatic carbocycles. The van der Waals surface area contributed by atoms with E-state index in [1.807, 2.05) is 12.3 Å². The van der Waals surface area contributed by atoms with Crippen LogP contribution in [0.25, 0.3) is 0 Å². The van der Waals surface area contributed by atoms with Gasteiger partial charge in [0.15, 0.2) is 0 Å². The molecule has 0 spiro atoms. The highest BCUT2D eigenvalue weighted by Gasteiger charge is 2.31. The lowest BCUT2D eigenvalue weighted by molar-refractivity contribution is -0.274. The summed E-state index contributed by atoms with van der Waals surface area (Å²) in [4.78, 5) is 0. The molecule has 1 atom stereocenters. The first-order valence-corrected chi connectivity index (χ1v) is 7.52. The number of thiophene rings is 1. The van der Waals surface area contributed by atoms with Crippen LogP contribution in [-0.4, -0.2) is 12.9 Å². The molecule has 1 aromatic carbocycles. The third kappa shape index (κ3) is 5.06. The first kappa shape index (κ1) is 15.9. The van der Waals surface area contributed by atoms with Gasteiger partial charge in [-0.15, -0.1) is 13.2 Å². The highest BCUT2D eigenvalue weighted by atomic mass is 32.1. The Labute approximate surface area is 125 Å². The Kier molecular flexibility index (Phi) is 5.25. The molecule has 0 amide bonds. The number of hydrogen-bond acceptors (Lipinski definition) is 3. The van der Waals surface area contributed by atoms with E-state index in [2.05, 4.69) is 21.5 Å². The van der Waals surface area contributed by atoms with E-state index in [4.69, 9.17) is 0 Å². The van der Waals surface area contributed by atoms with E-state index < -0.39 is 6.36 Å². The number of alkyl halides is 3. The van der Waals surface area contributed by atoms with Crippen molar-refractivity contribution in [1.29, 1.82) is 0 Å². The number of likely N-dealkylation sites (N-methyl/N-ethyl adjacent to an activating group) is 1. The van der Waals surface area contributed by atoms with E-state index in [1.165, 1.54) is 17.7 Å². The van der Waals surface area contributed by atoms with Crippen LogP contribution in [0.5, 0.6) is 5.75 Å². The van der Waals surface area contributed by atoms with Crippen LogP contribution in [0.1, 0.15) is 24.1 Å². The molecule has 0 saturated carbocycles. The monoisotopic (exact) mass is 315 g/mol. The summed E-state index contributed by atoms with van der Waals surface area (Å²) in [5, 5.41) is 7.43. The molecule has 0 aliphatic rings. The predicted octanol–water partition coefficient (Wildman–Crippen LogP) is 4.54. The summed E-state index contributed by atoms with van der Waals surface area (Å²) in [5.41, 5.74) is 2.15. The summed E-state index contributed by atoms with van der Waals surface area (Å²) < 4.78 is 40.3. The van der Waals surface area contributed by atoms with Gasteiger partial charge in [0.1, 0.15) is 5.75 Å². The quantitative estimate of drug-likeness (QED) is 0.845. The Bertz CT molecular complexity index is 537. The maximum atomic E-state index is 12.1. The summed E-state index contributed by atoms with van der Waals surface area (Å²) in [5.74, 6) is -0.197. The van der Waals surface area contributed by atoms with Crippen LogP contribution in [0.2, 0.25) is 0 Å². The number of ether oxygens (including phenoxy) is 1. The molecule has 0 radical (unpaired) electrons. The van der Waals surface area contributed by atoms with Crippen molar-refractivity contribution in [3.05, 3.63) is 52.2 Å². The predicted molar refractivity (Wildman–Crippen MR) is 77.6 cm³/mol. The number of hydrogen-bond donors (Lipinski definition) is 1. The first-order chi connectivity index (χ1) is 9.98. The van der Waals surface area contributed by atoms with Crippen molar-refractivity contribution >= 4 is 11.3 Å². The Morgan fingerprint density at radius 2 is 1.90 bits per heavy atom. The molecule has 6 heteroatoms. The summed E-state index contributed by atoms with van der Waals surface area (Å²) >= 11 is 1.63. The van der Waals surface area contributed by atoms with Crippen LogP contribution in [-0.2, 0) is 6.42 Å². The van der Waals surface area contributed by atoms with Crippen molar-refractivity contribution in [3.8, 4) is 5.75 Å². The van der Waals surface area contributed by atoms with Crippen molar-refractivity contribution in [2.45, 2.75) is 25.7 Å². The Morgan fingerprint density at radius 3 is 2.43 bits per heavy atom. The summed E-state index contributed by atoms with van der Waals surface area (Å²) in [7, 11) is 0. The van der Waals surface area contributed by atoms with Gasteiger partial charge in [-0.05, 0) is 53.1 Å². The van der Waals surface area contributed by atoms with Gasteiger partial charge in [-0.25, -0.2) is 0 Å². The van der Waals surface area contributed by atoms with Crippen LogP contribution in [0, 0.1) is 0 Å². The highest BCUT2D eigenvalue weighted by molar-refractivity contribution is 7.07. The molecule has 2 rings (SSSR count). The molecule has 21 heavy (non-hydrogen) atoms. The van der Waals surface area contributed by atoms with Crippen molar-refractivity contribution in [1.82, 2.24) is 5.32 Å². The van der Waals surface area contributed by atoms with E-state index in [9.17, 15) is 13.2 Å². The zero-order chi connectivity index (χ0) is 15.3. The van der Waals surface area contributed by atoms with Gasteiger partial charge in [0.2, 0.25) is 0 Å². The second-order valence-electron chi connectivity index (χ2n) is 4.56. The van der Waals surface area contributed by atoms with Crippen molar-refractivity contribution in [2.24, 2.45) is 0 Å². The van der Waals surface area contributed by atoms with Crippen molar-refractivity contribution in [3.63, 3.8) is 0 Å². The van der Waals surface area contributed by atoms with Crippen molar-refractivity contribution in [2.75, 3.05) is 6.54 Å². The minimum Gasteiger partial charge on any atom is -0.406 e. The molecule has 1 N–H and O–H groups in total. The molecule has 2 aromatic rings. The summed E-state index contributed by atoms with van der Waals surface area (Å²) in [6.07, 6.45) is -3.85. The molecule has 0 aliphatic heterocycles. The molecule has 114 valence electrons. The summed E-state index contributed by atoms with van der Waals surface area (Å²) in [6, 6.07) is 8.16. The van der Waals surface area contributed by atoms with E-state index in [0.717, 1.165) is 18.5 Å². The van der Waals surface area contributed by atoms with Gasteiger partial charge in [0.05, 0.1) is 0 Å². The minimum absolute atomic E-state index is 0.0736. The van der Waals surface area contributed by atoms with Crippen molar-refractivity contribution < 1.29 is 17.9 Å². The molecule has 0 bridgehead atoms. The zero-order valence-corrected chi connectivity index (χ0v) is 12.3. The molecule has 1 unspecified atom stereocenters. The van der Waals surface area contributed by atoms with Gasteiger partial charge < -0.3 is 10.1 Å². The van der Waals surface area contributed by atoms with E-state index >= 15 is 0 Å². The maximum absolute atomic E-state index is 12.1. The third-order valence-electron chi connectivity index (χ3n) is 2.99. The summed E-state index contributed by atoms with van der Waals surface area (Å²) in [6.45, 7) is 2.79. The molecule has 0 saturated heterocycles. The first-order valence-electron chi connectivity index (χ1n) is 6.58. The van der Waals surface area contributed by atoms with Gasteiger partial charge >= 0.3 is 6.36 Å². The van der Waals surface area contributed by atoms with Gasteiger partial charge in [0, 0.05) is 6.04 Å². The fourth-order valence-electron chi connectivity index (χ4n) is 2.10. The number of rotatable bonds is 6. The van der Waals surface area contributed by atoms with Crippen LogP contribution in [0.3, 0.4) is 0 Å². The minimum atomic E-state index is -4.65. The lowest BCUT2D eigenvalue weighted by atomic mass is 10.0. The molecule has 1 aromatic heterocycles. The van der Waals surface area contributed by atoms with Crippen LogP contribution in [0.4, 0.5) is 13.2 Å². The third-order valence-corrected chi connectivity index (χ3v) is 3.72. The lowest BCUT2D eigenvalue weighted by Crippen LogP contribution is -2.23. The largest absolute Gasteiger partial charge is 0.573 e. The standard InChI is InChI=1S/C15H16F3NOS/c1-2-19-14(9-11-7-8-21-10-11)12-3-5-13(6-4-12)20-15(16,17)18/h3-8,10,14,19H,2,9H2,1H3. The Morgan fingerprint density at radius 1 is 1.19 bits per heavy atom. The Balaban J connectivity index is 2.09. The fourth-order valence-corrected chi connectivity index (χ4v) is 2.78. The number of benzene rings is 1. The molecule has 1 heterocycles. The zero-order valence-electron chi connectivity index (χ0n) is 11.5. The fraction of sp³-hybridized carbons (Fsp3) is 0.333. The molecule has 0 fully saturated rings. The normalized spacial score (nSPS) is 13.1. The smallest absolute Gasteiger partial charge is 0.406 e. The van der Waals surface area contributed by atoms with Crippen LogP contribution in [0.15, 0.2) is 41.1 Å². The topological polar surface area (TPSA) is 21.3 Å².